The molecule has 0 atom stereocenters. The number of carbonyl (C=O) groups excluding carboxylic acids is 1. The first-order valence-electron chi connectivity index (χ1n) is 15.3. The van der Waals surface area contributed by atoms with Gasteiger partial charge < -0.3 is 15.0 Å². The Hall–Kier alpha value is -4.22. The van der Waals surface area contributed by atoms with Crippen LogP contribution in [0, 0.1) is 21.8 Å². The third-order valence-electron chi connectivity index (χ3n) is 8.68. The van der Waals surface area contributed by atoms with Gasteiger partial charge in [-0.05, 0) is 93.2 Å². The topological polar surface area (TPSA) is 97.6 Å². The van der Waals surface area contributed by atoms with Crippen molar-refractivity contribution >= 4 is 17.3 Å². The fourth-order valence-electron chi connectivity index (χ4n) is 6.14. The number of ether oxygens (including phenoxy) is 1. The van der Waals surface area contributed by atoms with Gasteiger partial charge in [0, 0.05) is 48.8 Å². The predicted molar refractivity (Wildman–Crippen MR) is 160 cm³/mol. The van der Waals surface area contributed by atoms with Crippen molar-refractivity contribution in [3.05, 3.63) is 93.5 Å². The molecule has 5 rings (SSSR count). The second-order valence-corrected chi connectivity index (χ2v) is 11.9. The fourth-order valence-corrected chi connectivity index (χ4v) is 6.14. The molecule has 1 amide bonds. The molecule has 0 radical (unpaired) electrons. The van der Waals surface area contributed by atoms with Crippen molar-refractivity contribution in [1.29, 1.82) is 0 Å². The minimum absolute atomic E-state index is 0.0299. The maximum absolute atomic E-state index is 13.3. The molecule has 1 N–H and O–H groups in total. The number of nitrogens with one attached hydrogen (secondary N) is 1. The number of rotatable bonds is 10. The van der Waals surface area contributed by atoms with E-state index in [4.69, 9.17) is 4.74 Å². The Labute approximate surface area is 258 Å². The average molecular weight is 629 g/mol. The normalized spacial score (nSPS) is 19.2. The Balaban J connectivity index is 1.04. The molecular formula is C33H36F4N4O4. The van der Waals surface area contributed by atoms with E-state index in [1.807, 2.05) is 17.0 Å². The molecule has 1 aromatic heterocycles. The van der Waals surface area contributed by atoms with Crippen LogP contribution < -0.4 is 10.1 Å². The van der Waals surface area contributed by atoms with Crippen LogP contribution in [0.15, 0.2) is 60.8 Å². The van der Waals surface area contributed by atoms with Crippen molar-refractivity contribution in [3.63, 3.8) is 0 Å². The third kappa shape index (κ3) is 8.92. The Morgan fingerprint density at radius 3 is 2.38 bits per heavy atom. The number of benzene rings is 2. The van der Waals surface area contributed by atoms with Crippen LogP contribution in [0.25, 0.3) is 0 Å². The number of nitro benzene ring substituents is 1. The number of anilines is 1. The lowest BCUT2D eigenvalue weighted by atomic mass is 9.91. The Morgan fingerprint density at radius 2 is 1.71 bits per heavy atom. The van der Waals surface area contributed by atoms with Gasteiger partial charge in [-0.25, -0.2) is 4.39 Å². The first-order chi connectivity index (χ1) is 21.5. The number of hydrogen-bond acceptors (Lipinski definition) is 6. The molecule has 45 heavy (non-hydrogen) atoms. The zero-order valence-electron chi connectivity index (χ0n) is 24.8. The highest BCUT2D eigenvalue weighted by molar-refractivity contribution is 5.78. The largest absolute Gasteiger partial charge is 0.490 e. The molecule has 0 bridgehead atoms. The zero-order chi connectivity index (χ0) is 32.0. The average Bonchev–Trinajstić information content (AvgIpc) is 3.02. The number of carbonyl (C=O) groups is 1. The summed E-state index contributed by atoms with van der Waals surface area (Å²) in [5, 5.41) is 14.1. The van der Waals surface area contributed by atoms with Crippen LogP contribution in [0.1, 0.15) is 61.8 Å². The van der Waals surface area contributed by atoms with Crippen molar-refractivity contribution in [3.8, 4) is 5.75 Å². The maximum Gasteiger partial charge on any atom is 0.423 e. The molecule has 1 aliphatic carbocycles. The molecule has 0 unspecified atom stereocenters. The summed E-state index contributed by atoms with van der Waals surface area (Å²) in [6.45, 7) is 1.43. The second kappa shape index (κ2) is 14.3. The van der Waals surface area contributed by atoms with E-state index in [0.29, 0.717) is 44.7 Å². The lowest BCUT2D eigenvalue weighted by molar-refractivity contribution is -0.388. The number of likely N-dealkylation sites (tertiary alicyclic amines) is 1. The SMILES string of the molecule is O=C(Cc1ccc(F)cc1)N1CCC(CCc2cc(OC3CCC(Nc4ccc([N+](=O)[O-])c(C(F)(F)F)c4)CC3)ccn2)CC1. The zero-order valence-corrected chi connectivity index (χ0v) is 24.8. The lowest BCUT2D eigenvalue weighted by Crippen LogP contribution is -2.39. The summed E-state index contributed by atoms with van der Waals surface area (Å²) >= 11 is 0. The Bertz CT molecular complexity index is 1470. The highest BCUT2D eigenvalue weighted by atomic mass is 19.4. The molecule has 2 heterocycles. The number of halogens is 4. The number of nitro groups is 1. The first kappa shape index (κ1) is 32.2. The molecule has 1 aliphatic heterocycles. The van der Waals surface area contributed by atoms with Crippen LogP contribution in [0.4, 0.5) is 28.9 Å². The van der Waals surface area contributed by atoms with E-state index in [0.717, 1.165) is 54.8 Å². The van der Waals surface area contributed by atoms with E-state index in [-0.39, 0.29) is 36.0 Å². The summed E-state index contributed by atoms with van der Waals surface area (Å²) in [6.07, 6.45) is 3.60. The van der Waals surface area contributed by atoms with Crippen LogP contribution in [0.3, 0.4) is 0 Å². The van der Waals surface area contributed by atoms with E-state index in [2.05, 4.69) is 10.3 Å². The van der Waals surface area contributed by atoms with Gasteiger partial charge in [0.15, 0.2) is 0 Å². The van der Waals surface area contributed by atoms with Gasteiger partial charge in [0.25, 0.3) is 5.69 Å². The fraction of sp³-hybridized carbons (Fsp3) is 0.455. The smallest absolute Gasteiger partial charge is 0.423 e. The van der Waals surface area contributed by atoms with E-state index in [1.165, 1.54) is 18.2 Å². The quantitative estimate of drug-likeness (QED) is 0.143. The summed E-state index contributed by atoms with van der Waals surface area (Å²) < 4.78 is 59.4. The van der Waals surface area contributed by atoms with Crippen LogP contribution in [0.2, 0.25) is 0 Å². The molecule has 8 nitrogen and oxygen atoms in total. The van der Waals surface area contributed by atoms with Crippen molar-refractivity contribution in [1.82, 2.24) is 9.88 Å². The Morgan fingerprint density at radius 1 is 1.00 bits per heavy atom. The van der Waals surface area contributed by atoms with Gasteiger partial charge in [-0.15, -0.1) is 0 Å². The van der Waals surface area contributed by atoms with Crippen LogP contribution in [0.5, 0.6) is 5.75 Å². The summed E-state index contributed by atoms with van der Waals surface area (Å²) in [6, 6.07) is 12.8. The van der Waals surface area contributed by atoms with Gasteiger partial charge in [0.1, 0.15) is 17.1 Å². The number of hydrogen-bond donors (Lipinski definition) is 1. The summed E-state index contributed by atoms with van der Waals surface area (Å²) in [5.74, 6) is 0.992. The highest BCUT2D eigenvalue weighted by Gasteiger charge is 2.38. The molecule has 2 aliphatic rings. The van der Waals surface area contributed by atoms with Crippen LogP contribution in [-0.2, 0) is 23.8 Å². The molecular weight excluding hydrogens is 592 g/mol. The maximum atomic E-state index is 13.3. The minimum atomic E-state index is -4.82. The van der Waals surface area contributed by atoms with E-state index in [1.54, 1.807) is 18.3 Å². The van der Waals surface area contributed by atoms with Crippen LogP contribution >= 0.6 is 0 Å². The number of aryl methyl sites for hydroxylation is 1. The number of pyridine rings is 1. The first-order valence-corrected chi connectivity index (χ1v) is 15.3. The van der Waals surface area contributed by atoms with Gasteiger partial charge in [-0.2, -0.15) is 13.2 Å². The van der Waals surface area contributed by atoms with Gasteiger partial charge >= 0.3 is 6.18 Å². The number of alkyl halides is 3. The molecule has 240 valence electrons. The summed E-state index contributed by atoms with van der Waals surface area (Å²) in [5.41, 5.74) is -0.262. The monoisotopic (exact) mass is 628 g/mol. The number of piperidine rings is 1. The van der Waals surface area contributed by atoms with Crippen LogP contribution in [-0.4, -0.2) is 45.9 Å². The van der Waals surface area contributed by atoms with E-state index < -0.39 is 22.4 Å². The predicted octanol–water partition coefficient (Wildman–Crippen LogP) is 7.36. The standard InChI is InChI=1S/C33H36F4N4O4/c34-24-4-1-23(2-5-24)19-32(42)40-17-14-22(15-18-40)3-6-26-20-29(13-16-38-26)45-28-10-7-25(8-11-28)39-27-9-12-31(41(43)44)30(21-27)33(35,36)37/h1-2,4-5,9,12-13,16,20-22,25,28,39H,3,6-8,10-11,14-15,17-19H2. The lowest BCUT2D eigenvalue weighted by Gasteiger charge is -2.32. The van der Waals surface area contributed by atoms with Crippen molar-refractivity contribution in [2.24, 2.45) is 5.92 Å². The molecule has 2 aromatic carbocycles. The minimum Gasteiger partial charge on any atom is -0.490 e. The summed E-state index contributed by atoms with van der Waals surface area (Å²) in [4.78, 5) is 29.1. The molecule has 1 saturated carbocycles. The van der Waals surface area contributed by atoms with E-state index in [9.17, 15) is 32.5 Å². The van der Waals surface area contributed by atoms with Gasteiger partial charge in [0.2, 0.25) is 5.91 Å². The number of aromatic nitrogens is 1. The van der Waals surface area contributed by atoms with Gasteiger partial charge in [-0.1, -0.05) is 12.1 Å². The van der Waals surface area contributed by atoms with E-state index >= 15 is 0 Å². The number of amides is 1. The molecule has 3 aromatic rings. The molecule has 1 saturated heterocycles. The number of nitrogens with zero attached hydrogens (tertiary/aromatic N) is 3. The summed E-state index contributed by atoms with van der Waals surface area (Å²) in [7, 11) is 0. The van der Waals surface area contributed by atoms with Gasteiger partial charge in [0.05, 0.1) is 17.4 Å². The van der Waals surface area contributed by atoms with Crippen molar-refractivity contribution in [2.75, 3.05) is 18.4 Å². The van der Waals surface area contributed by atoms with Crippen molar-refractivity contribution in [2.45, 2.75) is 76.1 Å². The van der Waals surface area contributed by atoms with Gasteiger partial charge in [-0.3, -0.25) is 19.9 Å². The Kier molecular flexibility index (Phi) is 10.2. The second-order valence-electron chi connectivity index (χ2n) is 11.9. The molecule has 2 fully saturated rings. The third-order valence-corrected chi connectivity index (χ3v) is 8.68. The van der Waals surface area contributed by atoms with Crippen molar-refractivity contribution < 1.29 is 32.0 Å². The molecule has 12 heteroatoms. The molecule has 0 spiro atoms. The highest BCUT2D eigenvalue weighted by Crippen LogP contribution is 2.38.